The summed E-state index contributed by atoms with van der Waals surface area (Å²) >= 11 is 0. The summed E-state index contributed by atoms with van der Waals surface area (Å²) in [6.07, 6.45) is 17.6. The minimum absolute atomic E-state index is 0.336. The molecule has 3 N–H and O–H groups in total. The van der Waals surface area contributed by atoms with Crippen molar-refractivity contribution in [3.63, 3.8) is 0 Å². The molecule has 3 nitrogen and oxygen atoms in total. The Balaban J connectivity index is 2.94. The van der Waals surface area contributed by atoms with E-state index in [4.69, 9.17) is 10.5 Å². The smallest absolute Gasteiger partial charge is 0.303 e. The Bertz CT molecular complexity index is 213. The second-order valence-corrected chi connectivity index (χ2v) is 6.41. The fourth-order valence-corrected chi connectivity index (χ4v) is 2.70. The summed E-state index contributed by atoms with van der Waals surface area (Å²) in [5.41, 5.74) is 0. The summed E-state index contributed by atoms with van der Waals surface area (Å²) in [6, 6.07) is 1.18. The van der Waals surface area contributed by atoms with Gasteiger partial charge in [-0.2, -0.15) is 0 Å². The molecule has 20 heavy (non-hydrogen) atoms. The Morgan fingerprint density at radius 2 is 1.35 bits per heavy atom. The second-order valence-electron chi connectivity index (χ2n) is 5.50. The van der Waals surface area contributed by atoms with E-state index in [0.29, 0.717) is 16.1 Å². The van der Waals surface area contributed by atoms with Crippen molar-refractivity contribution < 1.29 is 9.90 Å². The van der Waals surface area contributed by atoms with Gasteiger partial charge in [0.15, 0.2) is 0 Å². The van der Waals surface area contributed by atoms with Crippen LogP contribution in [0, 0.1) is 6.42 Å². The van der Waals surface area contributed by atoms with Crippen LogP contribution in [0.1, 0.15) is 83.5 Å². The van der Waals surface area contributed by atoms with Gasteiger partial charge in [-0.3, -0.25) is 4.79 Å². The molecule has 0 unspecified atom stereocenters. The average Bonchev–Trinajstić information content (AvgIpc) is 2.43. The fourth-order valence-electron chi connectivity index (χ4n) is 2.30. The number of hydrogen-bond acceptors (Lipinski definition) is 2. The summed E-state index contributed by atoms with van der Waals surface area (Å²) < 4.78 is 0. The zero-order chi connectivity index (χ0) is 14.9. The van der Waals surface area contributed by atoms with E-state index in [9.17, 15) is 4.79 Å². The van der Waals surface area contributed by atoms with E-state index in [-0.39, 0.29) is 0 Å². The summed E-state index contributed by atoms with van der Waals surface area (Å²) in [4.78, 5) is 10.3. The van der Waals surface area contributed by atoms with Gasteiger partial charge in [0.1, 0.15) is 9.68 Å². The lowest BCUT2D eigenvalue weighted by atomic mass is 10.0. The first kappa shape index (κ1) is 19.5. The molecule has 0 aromatic heterocycles. The number of carbonyl (C=O) groups is 1. The van der Waals surface area contributed by atoms with Gasteiger partial charge in [-0.05, 0) is 31.7 Å². The molecule has 4 heteroatoms. The van der Waals surface area contributed by atoms with Crippen LogP contribution in [0.15, 0.2) is 0 Å². The molecular weight excluding hydrogens is 266 g/mol. The molecule has 116 valence electrons. The highest BCUT2D eigenvalue weighted by Crippen LogP contribution is 2.12. The summed E-state index contributed by atoms with van der Waals surface area (Å²) in [6.45, 7) is 0. The van der Waals surface area contributed by atoms with Crippen molar-refractivity contribution in [1.29, 1.82) is 0 Å². The normalized spacial score (nSPS) is 10.7. The van der Waals surface area contributed by atoms with Gasteiger partial charge in [0, 0.05) is 6.42 Å². The maximum absolute atomic E-state index is 10.3. The van der Waals surface area contributed by atoms with Crippen LogP contribution in [0.2, 0.25) is 6.04 Å². The van der Waals surface area contributed by atoms with Crippen LogP contribution in [-0.4, -0.2) is 20.8 Å². The van der Waals surface area contributed by atoms with Gasteiger partial charge in [-0.25, -0.2) is 0 Å². The molecule has 0 aliphatic heterocycles. The number of carboxylic acids is 1. The Hall–Kier alpha value is -0.483. The molecule has 0 fully saturated rings. The lowest BCUT2D eigenvalue weighted by Gasteiger charge is -2.01. The maximum atomic E-state index is 10.3. The third-order valence-electron chi connectivity index (χ3n) is 3.53. The lowest BCUT2D eigenvalue weighted by molar-refractivity contribution is -0.137. The summed E-state index contributed by atoms with van der Waals surface area (Å²) in [5, 5.41) is 14.0. The number of unbranched alkanes of at least 4 members (excludes halogenated alkanes) is 12. The van der Waals surface area contributed by atoms with Gasteiger partial charge in [-0.1, -0.05) is 38.5 Å². The molecule has 0 saturated heterocycles. The maximum Gasteiger partial charge on any atom is 0.303 e. The highest BCUT2D eigenvalue weighted by molar-refractivity contribution is 6.30. The van der Waals surface area contributed by atoms with Crippen molar-refractivity contribution in [3.8, 4) is 0 Å². The van der Waals surface area contributed by atoms with Crippen LogP contribution < -0.4 is 5.40 Å². The van der Waals surface area contributed by atoms with Gasteiger partial charge in [0.25, 0.3) is 0 Å². The topological polar surface area (TPSA) is 63.3 Å². The van der Waals surface area contributed by atoms with E-state index >= 15 is 0 Å². The monoisotopic (exact) mass is 298 g/mol. The van der Waals surface area contributed by atoms with Crippen LogP contribution in [0.5, 0.6) is 0 Å². The molecule has 0 saturated carbocycles. The van der Waals surface area contributed by atoms with E-state index in [1.165, 1.54) is 70.3 Å². The third-order valence-corrected chi connectivity index (χ3v) is 4.17. The molecule has 0 heterocycles. The molecule has 0 aromatic carbocycles. The molecule has 0 spiro atoms. The minimum atomic E-state index is -0.662. The zero-order valence-electron chi connectivity index (χ0n) is 12.9. The second kappa shape index (κ2) is 16.6. The largest absolute Gasteiger partial charge is 0.481 e. The van der Waals surface area contributed by atoms with Crippen molar-refractivity contribution in [2.75, 3.05) is 0 Å². The van der Waals surface area contributed by atoms with Crippen LogP contribution in [-0.2, 0) is 4.79 Å². The number of hydrogen-bond donors (Lipinski definition) is 2. The molecule has 0 aliphatic carbocycles. The number of rotatable bonds is 16. The molecule has 0 aliphatic rings. The molecule has 0 bridgehead atoms. The molecule has 0 aromatic rings. The van der Waals surface area contributed by atoms with Crippen molar-refractivity contribution in [2.24, 2.45) is 5.40 Å². The van der Waals surface area contributed by atoms with Gasteiger partial charge in [-0.15, -0.1) is 0 Å². The highest BCUT2D eigenvalue weighted by atomic mass is 28.2. The molecule has 0 amide bonds. The number of nitrogens with two attached hydrogens (primary N) is 1. The van der Waals surface area contributed by atoms with Gasteiger partial charge in [0.2, 0.25) is 0 Å². The Morgan fingerprint density at radius 3 is 1.90 bits per heavy atom. The van der Waals surface area contributed by atoms with E-state index < -0.39 is 5.97 Å². The van der Waals surface area contributed by atoms with Gasteiger partial charge < -0.3 is 10.5 Å². The Kier molecular flexibility index (Phi) is 16.2. The number of aliphatic carboxylic acids is 1. The first-order valence-electron chi connectivity index (χ1n) is 8.24. The van der Waals surface area contributed by atoms with E-state index in [0.717, 1.165) is 12.8 Å². The minimum Gasteiger partial charge on any atom is -0.481 e. The zero-order valence-corrected chi connectivity index (χ0v) is 13.9. The highest BCUT2D eigenvalue weighted by Gasteiger charge is 2.00. The van der Waals surface area contributed by atoms with E-state index in [2.05, 4.69) is 6.42 Å². The SMILES string of the molecule is N[Si]CCC[CH+]CCCCCCCCCCCC(=O)O. The Morgan fingerprint density at radius 1 is 0.850 bits per heavy atom. The van der Waals surface area contributed by atoms with Crippen molar-refractivity contribution >= 4 is 15.7 Å². The summed E-state index contributed by atoms with van der Waals surface area (Å²) in [7, 11) is 0.619. The van der Waals surface area contributed by atoms with Crippen LogP contribution in [0.25, 0.3) is 0 Å². The van der Waals surface area contributed by atoms with Crippen molar-refractivity contribution in [1.82, 2.24) is 0 Å². The first-order chi connectivity index (χ1) is 9.77. The predicted molar refractivity (Wildman–Crippen MR) is 86.7 cm³/mol. The Labute approximate surface area is 127 Å². The molecule has 2 radical (unpaired) electrons. The van der Waals surface area contributed by atoms with E-state index in [1.54, 1.807) is 0 Å². The quantitative estimate of drug-likeness (QED) is 0.253. The lowest BCUT2D eigenvalue weighted by Crippen LogP contribution is -2.02. The predicted octanol–water partition coefficient (Wildman–Crippen LogP) is 4.34. The third kappa shape index (κ3) is 17.5. The first-order valence-corrected chi connectivity index (χ1v) is 9.52. The number of carboxylic acid groups (broad SMARTS) is 1. The molecule has 0 rings (SSSR count). The fraction of sp³-hybridized carbons (Fsp3) is 0.875. The summed E-state index contributed by atoms with van der Waals surface area (Å²) in [5.74, 6) is -0.662. The standard InChI is InChI=1S/C16H31NO2Si/c17-20-15-13-11-9-7-5-3-1-2-4-6-8-10-12-14-16(18)19/h9H,1-8,10-15,17H2/p+1. The average molecular weight is 299 g/mol. The van der Waals surface area contributed by atoms with Crippen LogP contribution >= 0.6 is 0 Å². The van der Waals surface area contributed by atoms with Crippen LogP contribution in [0.4, 0.5) is 0 Å². The van der Waals surface area contributed by atoms with Gasteiger partial charge in [0.05, 0.1) is 19.3 Å². The van der Waals surface area contributed by atoms with E-state index in [1.807, 2.05) is 0 Å². The molecular formula is C16H32NO2Si+. The van der Waals surface area contributed by atoms with Crippen molar-refractivity contribution in [3.05, 3.63) is 6.42 Å². The van der Waals surface area contributed by atoms with Crippen LogP contribution in [0.3, 0.4) is 0 Å². The van der Waals surface area contributed by atoms with Gasteiger partial charge >= 0.3 is 5.97 Å². The molecule has 0 atom stereocenters. The van der Waals surface area contributed by atoms with Crippen molar-refractivity contribution in [2.45, 2.75) is 89.5 Å².